The minimum atomic E-state index is -0.569. The average molecular weight is 355 g/mol. The summed E-state index contributed by atoms with van der Waals surface area (Å²) in [4.78, 5) is 37.9. The maximum absolute atomic E-state index is 12.8. The molecule has 1 saturated carbocycles. The fourth-order valence-electron chi connectivity index (χ4n) is 3.25. The Hall–Kier alpha value is -2.66. The summed E-state index contributed by atoms with van der Waals surface area (Å²) in [7, 11) is 1.45. The van der Waals surface area contributed by atoms with Crippen molar-refractivity contribution >= 4 is 35.0 Å². The van der Waals surface area contributed by atoms with Gasteiger partial charge >= 0.3 is 0 Å². The van der Waals surface area contributed by atoms with E-state index in [0.29, 0.717) is 21.8 Å². The van der Waals surface area contributed by atoms with Gasteiger partial charge in [0, 0.05) is 17.8 Å². The van der Waals surface area contributed by atoms with Crippen LogP contribution in [-0.4, -0.2) is 29.7 Å². The summed E-state index contributed by atoms with van der Waals surface area (Å²) in [6, 6.07) is 12.1. The van der Waals surface area contributed by atoms with E-state index in [9.17, 15) is 14.4 Å². The molecule has 2 aromatic rings. The zero-order valence-corrected chi connectivity index (χ0v) is 14.3. The van der Waals surface area contributed by atoms with Gasteiger partial charge in [0.25, 0.3) is 11.8 Å². The maximum Gasteiger partial charge on any atom is 0.261 e. The Morgan fingerprint density at radius 1 is 1.08 bits per heavy atom. The van der Waals surface area contributed by atoms with Gasteiger partial charge < -0.3 is 5.32 Å². The molecule has 126 valence electrons. The Kier molecular flexibility index (Phi) is 3.44. The van der Waals surface area contributed by atoms with Crippen LogP contribution in [0.1, 0.15) is 39.1 Å². The quantitative estimate of drug-likeness (QED) is 0.860. The summed E-state index contributed by atoms with van der Waals surface area (Å²) in [5.41, 5.74) is 1.51. The molecule has 1 fully saturated rings. The Morgan fingerprint density at radius 2 is 1.80 bits per heavy atom. The van der Waals surface area contributed by atoms with Crippen molar-refractivity contribution in [3.63, 3.8) is 0 Å². The van der Waals surface area contributed by atoms with Crippen LogP contribution in [0.2, 0.25) is 5.02 Å². The van der Waals surface area contributed by atoms with Crippen LogP contribution in [0.4, 0.5) is 5.69 Å². The van der Waals surface area contributed by atoms with E-state index >= 15 is 0 Å². The van der Waals surface area contributed by atoms with Crippen molar-refractivity contribution in [2.75, 3.05) is 12.4 Å². The van der Waals surface area contributed by atoms with Gasteiger partial charge in [-0.1, -0.05) is 23.7 Å². The van der Waals surface area contributed by atoms with E-state index in [1.54, 1.807) is 24.3 Å². The van der Waals surface area contributed by atoms with Gasteiger partial charge in [-0.25, -0.2) is 0 Å². The topological polar surface area (TPSA) is 66.5 Å². The van der Waals surface area contributed by atoms with Crippen molar-refractivity contribution in [2.45, 2.75) is 18.3 Å². The van der Waals surface area contributed by atoms with E-state index < -0.39 is 5.41 Å². The summed E-state index contributed by atoms with van der Waals surface area (Å²) in [6.07, 6.45) is 1.51. The van der Waals surface area contributed by atoms with Crippen LogP contribution in [0.25, 0.3) is 0 Å². The highest BCUT2D eigenvalue weighted by atomic mass is 35.5. The third kappa shape index (κ3) is 2.43. The second-order valence-corrected chi connectivity index (χ2v) is 6.91. The number of amides is 3. The lowest BCUT2D eigenvalue weighted by atomic mass is 9.95. The fourth-order valence-corrected chi connectivity index (χ4v) is 3.44. The Morgan fingerprint density at radius 3 is 2.48 bits per heavy atom. The molecule has 5 nitrogen and oxygen atoms in total. The summed E-state index contributed by atoms with van der Waals surface area (Å²) in [5.74, 6) is -0.803. The second kappa shape index (κ2) is 5.43. The molecule has 1 aliphatic heterocycles. The molecule has 2 aliphatic rings. The van der Waals surface area contributed by atoms with Crippen LogP contribution in [-0.2, 0) is 10.2 Å². The number of anilines is 1. The van der Waals surface area contributed by atoms with E-state index in [2.05, 4.69) is 5.32 Å². The summed E-state index contributed by atoms with van der Waals surface area (Å²) >= 11 is 6.05. The Bertz CT molecular complexity index is 934. The Balaban J connectivity index is 1.61. The lowest BCUT2D eigenvalue weighted by Gasteiger charge is -2.16. The van der Waals surface area contributed by atoms with Crippen molar-refractivity contribution in [3.05, 3.63) is 64.2 Å². The standard InChI is InChI=1S/C19H15ClN2O3/c1-22-16(23)14-6-5-13(10-15(14)17(22)24)21-18(25)19(7-8-19)11-3-2-4-12(20)9-11/h2-6,9-10H,7-8H2,1H3,(H,21,25). The first kappa shape index (κ1) is 15.8. The molecular formula is C19H15ClN2O3. The zero-order chi connectivity index (χ0) is 17.8. The van der Waals surface area contributed by atoms with E-state index in [-0.39, 0.29) is 17.7 Å². The van der Waals surface area contributed by atoms with Crippen LogP contribution in [0.15, 0.2) is 42.5 Å². The highest BCUT2D eigenvalue weighted by molar-refractivity contribution is 6.30. The first-order valence-electron chi connectivity index (χ1n) is 7.96. The molecule has 0 aromatic heterocycles. The van der Waals surface area contributed by atoms with E-state index in [0.717, 1.165) is 23.3 Å². The van der Waals surface area contributed by atoms with Crippen LogP contribution < -0.4 is 5.32 Å². The number of fused-ring (bicyclic) bond motifs is 1. The van der Waals surface area contributed by atoms with Crippen molar-refractivity contribution in [3.8, 4) is 0 Å². The number of nitrogens with zero attached hydrogens (tertiary/aromatic N) is 1. The molecule has 3 amide bonds. The van der Waals surface area contributed by atoms with Crippen LogP contribution in [0.3, 0.4) is 0 Å². The summed E-state index contributed by atoms with van der Waals surface area (Å²) < 4.78 is 0. The minimum Gasteiger partial charge on any atom is -0.325 e. The smallest absolute Gasteiger partial charge is 0.261 e. The number of hydrogen-bond donors (Lipinski definition) is 1. The molecule has 4 rings (SSSR count). The fraction of sp³-hybridized carbons (Fsp3) is 0.211. The van der Waals surface area contributed by atoms with Crippen LogP contribution in [0, 0.1) is 0 Å². The number of halogens is 1. The second-order valence-electron chi connectivity index (χ2n) is 6.48. The Labute approximate surface area is 149 Å². The normalized spacial score (nSPS) is 17.4. The minimum absolute atomic E-state index is 0.125. The molecule has 0 unspecified atom stereocenters. The van der Waals surface area contributed by atoms with Crippen LogP contribution in [0.5, 0.6) is 0 Å². The number of hydrogen-bond acceptors (Lipinski definition) is 3. The largest absolute Gasteiger partial charge is 0.325 e. The number of carbonyl (C=O) groups is 3. The van der Waals surface area contributed by atoms with E-state index in [1.807, 2.05) is 18.2 Å². The van der Waals surface area contributed by atoms with Gasteiger partial charge in [0.15, 0.2) is 0 Å². The summed E-state index contributed by atoms with van der Waals surface area (Å²) in [5, 5.41) is 3.48. The molecule has 0 radical (unpaired) electrons. The first-order valence-corrected chi connectivity index (χ1v) is 8.34. The molecule has 0 saturated heterocycles. The molecule has 2 aromatic carbocycles. The van der Waals surface area contributed by atoms with Crippen molar-refractivity contribution in [2.24, 2.45) is 0 Å². The van der Waals surface area contributed by atoms with Gasteiger partial charge in [0.2, 0.25) is 5.91 Å². The van der Waals surface area contributed by atoms with E-state index in [1.165, 1.54) is 7.05 Å². The summed E-state index contributed by atoms with van der Waals surface area (Å²) in [6.45, 7) is 0. The predicted octanol–water partition coefficient (Wildman–Crippen LogP) is 3.24. The highest BCUT2D eigenvalue weighted by Crippen LogP contribution is 2.49. The number of imide groups is 1. The van der Waals surface area contributed by atoms with Crippen molar-refractivity contribution < 1.29 is 14.4 Å². The maximum atomic E-state index is 12.8. The van der Waals surface area contributed by atoms with E-state index in [4.69, 9.17) is 11.6 Å². The van der Waals surface area contributed by atoms with Gasteiger partial charge in [0.05, 0.1) is 16.5 Å². The van der Waals surface area contributed by atoms with Gasteiger partial charge in [-0.15, -0.1) is 0 Å². The zero-order valence-electron chi connectivity index (χ0n) is 13.5. The van der Waals surface area contributed by atoms with Gasteiger partial charge in [-0.3, -0.25) is 19.3 Å². The van der Waals surface area contributed by atoms with Gasteiger partial charge in [0.1, 0.15) is 0 Å². The molecule has 1 N–H and O–H groups in total. The number of carbonyl (C=O) groups excluding carboxylic acids is 3. The van der Waals surface area contributed by atoms with Gasteiger partial charge in [-0.05, 0) is 48.7 Å². The molecule has 0 bridgehead atoms. The van der Waals surface area contributed by atoms with Crippen LogP contribution >= 0.6 is 11.6 Å². The first-order chi connectivity index (χ1) is 11.9. The third-order valence-corrected chi connectivity index (χ3v) is 5.14. The molecule has 0 atom stereocenters. The number of rotatable bonds is 3. The predicted molar refractivity (Wildman–Crippen MR) is 93.9 cm³/mol. The number of benzene rings is 2. The molecule has 25 heavy (non-hydrogen) atoms. The number of nitrogens with one attached hydrogen (secondary N) is 1. The average Bonchev–Trinajstić information content (AvgIpc) is 3.38. The monoisotopic (exact) mass is 354 g/mol. The molecule has 1 heterocycles. The van der Waals surface area contributed by atoms with Crippen molar-refractivity contribution in [1.82, 2.24) is 4.90 Å². The van der Waals surface area contributed by atoms with Gasteiger partial charge in [-0.2, -0.15) is 0 Å². The molecule has 1 aliphatic carbocycles. The lowest BCUT2D eigenvalue weighted by molar-refractivity contribution is -0.118. The van der Waals surface area contributed by atoms with Crippen molar-refractivity contribution in [1.29, 1.82) is 0 Å². The lowest BCUT2D eigenvalue weighted by Crippen LogP contribution is -2.27. The SMILES string of the molecule is CN1C(=O)c2ccc(NC(=O)C3(c4cccc(Cl)c4)CC3)cc2C1=O. The third-order valence-electron chi connectivity index (χ3n) is 4.91. The molecule has 0 spiro atoms. The highest BCUT2D eigenvalue weighted by Gasteiger charge is 2.51. The molecular weight excluding hydrogens is 340 g/mol. The molecule has 6 heteroatoms.